The minimum Gasteiger partial charge on any atom is -0.354 e. The highest BCUT2D eigenvalue weighted by molar-refractivity contribution is 7.92. The summed E-state index contributed by atoms with van der Waals surface area (Å²) in [7, 11) is -3.80. The van der Waals surface area contributed by atoms with E-state index in [4.69, 9.17) is 0 Å². The molecule has 0 saturated carbocycles. The highest BCUT2D eigenvalue weighted by atomic mass is 32.2. The van der Waals surface area contributed by atoms with E-state index in [1.54, 1.807) is 12.1 Å². The topological polar surface area (TPSA) is 86.8 Å². The zero-order valence-corrected chi connectivity index (χ0v) is 25.7. The monoisotopic (exact) mass is 577 g/mol. The largest absolute Gasteiger partial charge is 0.354 e. The Bertz CT molecular complexity index is 1390. The maximum absolute atomic E-state index is 14.1. The summed E-state index contributed by atoms with van der Waals surface area (Å²) in [4.78, 5) is 29.3. The number of carbonyl (C=O) groups is 2. The summed E-state index contributed by atoms with van der Waals surface area (Å²) in [6.45, 7) is 8.41. The molecule has 41 heavy (non-hydrogen) atoms. The first-order chi connectivity index (χ1) is 19.5. The molecular weight excluding hydrogens is 534 g/mol. The molecule has 3 aromatic carbocycles. The number of anilines is 1. The van der Waals surface area contributed by atoms with E-state index in [0.29, 0.717) is 18.7 Å². The van der Waals surface area contributed by atoms with Crippen LogP contribution in [0.2, 0.25) is 0 Å². The van der Waals surface area contributed by atoms with E-state index in [-0.39, 0.29) is 18.4 Å². The normalized spacial score (nSPS) is 12.1. The summed E-state index contributed by atoms with van der Waals surface area (Å²) >= 11 is 0. The molecule has 0 bridgehead atoms. The molecule has 8 heteroatoms. The van der Waals surface area contributed by atoms with Crippen molar-refractivity contribution in [3.05, 3.63) is 101 Å². The smallest absolute Gasteiger partial charge is 0.244 e. The molecular formula is C33H43N3O4S. The SMILES string of the molecule is CCCCNC(=O)C(Cc1ccccc1)N(Cc1cccc(C)c1)C(=O)CN(c1ccc(C(C)C)cc1)S(C)(=O)=O. The predicted molar refractivity (Wildman–Crippen MR) is 166 cm³/mol. The van der Waals surface area contributed by atoms with Gasteiger partial charge in [0.1, 0.15) is 12.6 Å². The van der Waals surface area contributed by atoms with E-state index in [1.165, 1.54) is 4.90 Å². The lowest BCUT2D eigenvalue weighted by Crippen LogP contribution is -2.53. The van der Waals surface area contributed by atoms with Gasteiger partial charge in [-0.15, -0.1) is 0 Å². The highest BCUT2D eigenvalue weighted by Crippen LogP contribution is 2.23. The van der Waals surface area contributed by atoms with Crippen molar-refractivity contribution in [2.24, 2.45) is 0 Å². The second-order valence-corrected chi connectivity index (χ2v) is 12.8. The minimum absolute atomic E-state index is 0.170. The third-order valence-electron chi connectivity index (χ3n) is 7.06. The molecule has 1 atom stereocenters. The van der Waals surface area contributed by atoms with Gasteiger partial charge >= 0.3 is 0 Å². The number of hydrogen-bond donors (Lipinski definition) is 1. The molecule has 1 N–H and O–H groups in total. The van der Waals surface area contributed by atoms with Gasteiger partial charge in [0.2, 0.25) is 21.8 Å². The molecule has 7 nitrogen and oxygen atoms in total. The zero-order chi connectivity index (χ0) is 30.0. The van der Waals surface area contributed by atoms with E-state index >= 15 is 0 Å². The summed E-state index contributed by atoms with van der Waals surface area (Å²) in [6, 6.07) is 23.8. The standard InChI is InChI=1S/C33H43N3O4S/c1-6-7-20-34-33(38)31(22-27-13-9-8-10-14-27)35(23-28-15-11-12-26(4)21-28)32(37)24-36(41(5,39)40)30-18-16-29(17-19-30)25(2)3/h8-19,21,25,31H,6-7,20,22-24H2,1-5H3,(H,34,38). The van der Waals surface area contributed by atoms with Gasteiger partial charge in [-0.05, 0) is 48.1 Å². The van der Waals surface area contributed by atoms with Gasteiger partial charge in [0.15, 0.2) is 0 Å². The van der Waals surface area contributed by atoms with Crippen LogP contribution in [0.15, 0.2) is 78.9 Å². The number of nitrogens with one attached hydrogen (secondary N) is 1. The van der Waals surface area contributed by atoms with Gasteiger partial charge in [0.25, 0.3) is 0 Å². The first-order valence-corrected chi connectivity index (χ1v) is 16.1. The van der Waals surface area contributed by atoms with Crippen molar-refractivity contribution in [3.8, 4) is 0 Å². The summed E-state index contributed by atoms with van der Waals surface area (Å²) < 4.78 is 27.0. The molecule has 0 spiro atoms. The van der Waals surface area contributed by atoms with Crippen molar-refractivity contribution >= 4 is 27.5 Å². The molecule has 0 fully saturated rings. The van der Waals surface area contributed by atoms with Crippen molar-refractivity contribution in [1.29, 1.82) is 0 Å². The number of rotatable bonds is 14. The number of unbranched alkanes of at least 4 members (excludes halogenated alkanes) is 1. The summed E-state index contributed by atoms with van der Waals surface area (Å²) in [6.07, 6.45) is 3.15. The van der Waals surface area contributed by atoms with Crippen LogP contribution >= 0.6 is 0 Å². The molecule has 3 aromatic rings. The lowest BCUT2D eigenvalue weighted by molar-refractivity contribution is -0.140. The molecule has 3 rings (SSSR count). The number of hydrogen-bond acceptors (Lipinski definition) is 4. The number of benzene rings is 3. The Morgan fingerprint density at radius 1 is 0.902 bits per heavy atom. The van der Waals surface area contributed by atoms with Crippen LogP contribution in [0.25, 0.3) is 0 Å². The second kappa shape index (κ2) is 14.8. The Labute approximate surface area is 245 Å². The van der Waals surface area contributed by atoms with Crippen LogP contribution in [0.3, 0.4) is 0 Å². The Hall–Kier alpha value is -3.65. The Morgan fingerprint density at radius 2 is 1.56 bits per heavy atom. The maximum Gasteiger partial charge on any atom is 0.244 e. The van der Waals surface area contributed by atoms with Crippen LogP contribution < -0.4 is 9.62 Å². The molecule has 0 aliphatic heterocycles. The predicted octanol–water partition coefficient (Wildman–Crippen LogP) is 5.44. The van der Waals surface area contributed by atoms with E-state index < -0.39 is 28.5 Å². The fraction of sp³-hybridized carbons (Fsp3) is 0.394. The lowest BCUT2D eigenvalue weighted by Gasteiger charge is -2.33. The zero-order valence-electron chi connectivity index (χ0n) is 24.8. The van der Waals surface area contributed by atoms with E-state index in [9.17, 15) is 18.0 Å². The number of nitrogens with zero attached hydrogens (tertiary/aromatic N) is 2. The third-order valence-corrected chi connectivity index (χ3v) is 8.20. The molecule has 0 aliphatic rings. The van der Waals surface area contributed by atoms with Crippen LogP contribution in [-0.2, 0) is 32.6 Å². The van der Waals surface area contributed by atoms with Crippen molar-refractivity contribution in [2.45, 2.75) is 65.5 Å². The Balaban J connectivity index is 2.02. The molecule has 0 aromatic heterocycles. The average Bonchev–Trinajstić information content (AvgIpc) is 2.93. The molecule has 220 valence electrons. The van der Waals surface area contributed by atoms with Gasteiger partial charge in [0, 0.05) is 19.5 Å². The van der Waals surface area contributed by atoms with Crippen molar-refractivity contribution in [2.75, 3.05) is 23.7 Å². The van der Waals surface area contributed by atoms with Gasteiger partial charge < -0.3 is 10.2 Å². The summed E-state index contributed by atoms with van der Waals surface area (Å²) in [5.41, 5.74) is 4.29. The second-order valence-electron chi connectivity index (χ2n) is 10.9. The molecule has 2 amide bonds. The third kappa shape index (κ3) is 9.46. The fourth-order valence-electron chi connectivity index (χ4n) is 4.71. The number of aryl methyl sites for hydroxylation is 1. The highest BCUT2D eigenvalue weighted by Gasteiger charge is 2.33. The Kier molecular flexibility index (Phi) is 11.5. The summed E-state index contributed by atoms with van der Waals surface area (Å²) in [5.74, 6) is -0.418. The van der Waals surface area contributed by atoms with E-state index in [0.717, 1.165) is 45.7 Å². The number of carbonyl (C=O) groups excluding carboxylic acids is 2. The van der Waals surface area contributed by atoms with Gasteiger partial charge in [-0.25, -0.2) is 8.42 Å². The first-order valence-electron chi connectivity index (χ1n) is 14.2. The molecule has 0 radical (unpaired) electrons. The quantitative estimate of drug-likeness (QED) is 0.259. The van der Waals surface area contributed by atoms with Crippen molar-refractivity contribution in [1.82, 2.24) is 10.2 Å². The van der Waals surface area contributed by atoms with Crippen LogP contribution in [0, 0.1) is 6.92 Å². The maximum atomic E-state index is 14.1. The molecule has 0 aliphatic carbocycles. The number of amides is 2. The van der Waals surface area contributed by atoms with Crippen molar-refractivity contribution < 1.29 is 18.0 Å². The van der Waals surface area contributed by atoms with Crippen molar-refractivity contribution in [3.63, 3.8) is 0 Å². The molecule has 0 saturated heterocycles. The Morgan fingerprint density at radius 3 is 2.15 bits per heavy atom. The van der Waals surface area contributed by atoms with Crippen LogP contribution in [0.1, 0.15) is 61.8 Å². The van der Waals surface area contributed by atoms with Crippen LogP contribution in [-0.4, -0.2) is 50.5 Å². The minimum atomic E-state index is -3.80. The number of sulfonamides is 1. The average molecular weight is 578 g/mol. The van der Waals surface area contributed by atoms with E-state index in [2.05, 4.69) is 26.1 Å². The lowest BCUT2D eigenvalue weighted by atomic mass is 10.0. The van der Waals surface area contributed by atoms with Gasteiger partial charge in [-0.3, -0.25) is 13.9 Å². The summed E-state index contributed by atoms with van der Waals surface area (Å²) in [5, 5.41) is 3.00. The molecule has 0 heterocycles. The van der Waals surface area contributed by atoms with Gasteiger partial charge in [0.05, 0.1) is 11.9 Å². The van der Waals surface area contributed by atoms with Crippen LogP contribution in [0.5, 0.6) is 0 Å². The fourth-order valence-corrected chi connectivity index (χ4v) is 5.56. The van der Waals surface area contributed by atoms with E-state index in [1.807, 2.05) is 73.7 Å². The van der Waals surface area contributed by atoms with Gasteiger partial charge in [-0.1, -0.05) is 99.5 Å². The molecule has 1 unspecified atom stereocenters. The van der Waals surface area contributed by atoms with Crippen LogP contribution in [0.4, 0.5) is 5.69 Å². The van der Waals surface area contributed by atoms with Gasteiger partial charge in [-0.2, -0.15) is 0 Å². The first kappa shape index (κ1) is 31.9.